The van der Waals surface area contributed by atoms with E-state index in [1.165, 1.54) is 32.1 Å². The van der Waals surface area contributed by atoms with Crippen molar-refractivity contribution >= 4 is 5.97 Å². The van der Waals surface area contributed by atoms with Crippen LogP contribution in [0.4, 0.5) is 0 Å². The number of aromatic carboxylic acids is 1. The average molecular weight is 274 g/mol. The lowest BCUT2D eigenvalue weighted by atomic mass is 9.51. The fraction of sp³-hybridized carbons (Fsp3) is 0.667. The summed E-state index contributed by atoms with van der Waals surface area (Å²) >= 11 is 0. The Balaban J connectivity index is 1.74. The molecular formula is C15H18N2O3. The van der Waals surface area contributed by atoms with Crippen molar-refractivity contribution in [3.8, 4) is 0 Å². The van der Waals surface area contributed by atoms with Crippen molar-refractivity contribution < 1.29 is 9.90 Å². The van der Waals surface area contributed by atoms with Crippen molar-refractivity contribution in [3.05, 3.63) is 27.9 Å². The number of carbonyl (C=O) groups is 1. The molecule has 4 aliphatic rings. The van der Waals surface area contributed by atoms with Gasteiger partial charge in [-0.15, -0.1) is 0 Å². The number of hydrogen-bond acceptors (Lipinski definition) is 3. The molecule has 0 unspecified atom stereocenters. The summed E-state index contributed by atoms with van der Waals surface area (Å²) in [6.45, 7) is 0. The van der Waals surface area contributed by atoms with Crippen molar-refractivity contribution in [1.29, 1.82) is 0 Å². The summed E-state index contributed by atoms with van der Waals surface area (Å²) < 4.78 is 0. The number of carboxylic acid groups (broad SMARTS) is 1. The Morgan fingerprint density at radius 3 is 2.30 bits per heavy atom. The number of nitrogens with one attached hydrogen (secondary N) is 1. The van der Waals surface area contributed by atoms with Crippen LogP contribution in [0.25, 0.3) is 0 Å². The molecule has 20 heavy (non-hydrogen) atoms. The molecule has 5 rings (SSSR count). The zero-order valence-electron chi connectivity index (χ0n) is 11.2. The van der Waals surface area contributed by atoms with Crippen LogP contribution < -0.4 is 5.56 Å². The molecule has 0 spiro atoms. The van der Waals surface area contributed by atoms with Crippen molar-refractivity contribution in [3.63, 3.8) is 0 Å². The summed E-state index contributed by atoms with van der Waals surface area (Å²) in [4.78, 5) is 29.8. The van der Waals surface area contributed by atoms with E-state index < -0.39 is 5.97 Å². The number of rotatable bonds is 2. The topological polar surface area (TPSA) is 83.0 Å². The summed E-state index contributed by atoms with van der Waals surface area (Å²) in [5, 5.41) is 9.07. The summed E-state index contributed by atoms with van der Waals surface area (Å²) in [7, 11) is 0. The maximum absolute atomic E-state index is 11.7. The Kier molecular flexibility index (Phi) is 2.53. The third kappa shape index (κ3) is 1.79. The van der Waals surface area contributed by atoms with Gasteiger partial charge >= 0.3 is 5.97 Å². The van der Waals surface area contributed by atoms with E-state index in [4.69, 9.17) is 5.11 Å². The van der Waals surface area contributed by atoms with Crippen LogP contribution in [0.3, 0.4) is 0 Å². The van der Waals surface area contributed by atoms with Gasteiger partial charge in [0.2, 0.25) is 0 Å². The Morgan fingerprint density at radius 1 is 1.15 bits per heavy atom. The highest BCUT2D eigenvalue weighted by Crippen LogP contribution is 2.59. The van der Waals surface area contributed by atoms with E-state index >= 15 is 0 Å². The Morgan fingerprint density at radius 2 is 1.75 bits per heavy atom. The largest absolute Gasteiger partial charge is 0.477 e. The van der Waals surface area contributed by atoms with Gasteiger partial charge in [-0.3, -0.25) is 4.79 Å². The maximum atomic E-state index is 11.7. The third-order valence-electron chi connectivity index (χ3n) is 5.52. The molecule has 4 fully saturated rings. The Labute approximate surface area is 116 Å². The summed E-state index contributed by atoms with van der Waals surface area (Å²) in [5.41, 5.74) is -0.473. The Hall–Kier alpha value is -1.65. The number of aromatic amines is 1. The number of hydrogen-bond donors (Lipinski definition) is 2. The number of nitrogens with zero attached hydrogens (tertiary/aromatic N) is 1. The summed E-state index contributed by atoms with van der Waals surface area (Å²) in [6.07, 6.45) is 6.26. The molecule has 5 heteroatoms. The molecule has 2 N–H and O–H groups in total. The molecule has 0 saturated heterocycles. The quantitative estimate of drug-likeness (QED) is 0.864. The van der Waals surface area contributed by atoms with E-state index in [0.29, 0.717) is 17.7 Å². The molecule has 0 aliphatic heterocycles. The van der Waals surface area contributed by atoms with Gasteiger partial charge in [-0.1, -0.05) is 0 Å². The normalized spacial score (nSPS) is 38.1. The Bertz CT molecular complexity index is 594. The minimum atomic E-state index is -1.12. The fourth-order valence-electron chi connectivity index (χ4n) is 5.12. The van der Waals surface area contributed by atoms with Gasteiger partial charge < -0.3 is 10.1 Å². The van der Waals surface area contributed by atoms with Crippen LogP contribution in [0.5, 0.6) is 0 Å². The molecular weight excluding hydrogens is 256 g/mol. The van der Waals surface area contributed by atoms with Gasteiger partial charge in [0.05, 0.1) is 0 Å². The van der Waals surface area contributed by atoms with E-state index in [0.717, 1.165) is 17.9 Å². The first-order valence-corrected chi connectivity index (χ1v) is 7.44. The highest BCUT2D eigenvalue weighted by Gasteiger charge is 2.49. The van der Waals surface area contributed by atoms with E-state index in [-0.39, 0.29) is 17.2 Å². The molecule has 0 atom stereocenters. The molecule has 5 nitrogen and oxygen atoms in total. The van der Waals surface area contributed by atoms with Gasteiger partial charge in [-0.25, -0.2) is 9.78 Å². The van der Waals surface area contributed by atoms with Crippen LogP contribution in [0.2, 0.25) is 0 Å². The van der Waals surface area contributed by atoms with E-state index in [2.05, 4.69) is 9.97 Å². The molecule has 1 aromatic rings. The second-order valence-electron chi connectivity index (χ2n) is 6.78. The standard InChI is InChI=1S/C15H18N2O3/c18-12-6-11(15(19)20)16-14(17-12)13-9-2-7-1-8(4-9)5-10(13)3-7/h6-10,13H,1-5H2,(H,19,20)(H,16,17,18). The lowest BCUT2D eigenvalue weighted by molar-refractivity contribution is -0.00584. The zero-order valence-corrected chi connectivity index (χ0v) is 11.2. The van der Waals surface area contributed by atoms with Crippen LogP contribution >= 0.6 is 0 Å². The van der Waals surface area contributed by atoms with Crippen molar-refractivity contribution in [1.82, 2.24) is 9.97 Å². The van der Waals surface area contributed by atoms with E-state index in [1.807, 2.05) is 0 Å². The molecule has 106 valence electrons. The van der Waals surface area contributed by atoms with E-state index in [9.17, 15) is 9.59 Å². The predicted molar refractivity (Wildman–Crippen MR) is 71.6 cm³/mol. The highest BCUT2D eigenvalue weighted by molar-refractivity contribution is 5.85. The minimum absolute atomic E-state index is 0.127. The smallest absolute Gasteiger partial charge is 0.354 e. The van der Waals surface area contributed by atoms with Crippen LogP contribution in [0, 0.1) is 23.7 Å². The molecule has 1 heterocycles. The van der Waals surface area contributed by atoms with Crippen LogP contribution in [-0.2, 0) is 0 Å². The number of carboxylic acids is 1. The van der Waals surface area contributed by atoms with Crippen molar-refractivity contribution in [2.45, 2.75) is 38.0 Å². The first-order chi connectivity index (χ1) is 9.60. The molecule has 0 radical (unpaired) electrons. The minimum Gasteiger partial charge on any atom is -0.477 e. The van der Waals surface area contributed by atoms with Gasteiger partial charge in [0.15, 0.2) is 5.69 Å². The summed E-state index contributed by atoms with van der Waals surface area (Å²) in [6, 6.07) is 1.07. The van der Waals surface area contributed by atoms with Gasteiger partial charge in [0.25, 0.3) is 5.56 Å². The molecule has 0 amide bonds. The molecule has 1 aromatic heterocycles. The highest BCUT2D eigenvalue weighted by atomic mass is 16.4. The lowest BCUT2D eigenvalue weighted by Crippen LogP contribution is -2.44. The van der Waals surface area contributed by atoms with Crippen LogP contribution in [0.1, 0.15) is 54.3 Å². The summed E-state index contributed by atoms with van der Waals surface area (Å²) in [5.74, 6) is 2.61. The van der Waals surface area contributed by atoms with Crippen LogP contribution in [0.15, 0.2) is 10.9 Å². The molecule has 0 aromatic carbocycles. The molecule has 4 saturated carbocycles. The fourth-order valence-corrected chi connectivity index (χ4v) is 5.12. The van der Waals surface area contributed by atoms with Crippen LogP contribution in [-0.4, -0.2) is 21.0 Å². The first-order valence-electron chi connectivity index (χ1n) is 7.44. The van der Waals surface area contributed by atoms with Gasteiger partial charge in [-0.05, 0) is 55.8 Å². The lowest BCUT2D eigenvalue weighted by Gasteiger charge is -2.54. The molecule has 4 bridgehead atoms. The zero-order chi connectivity index (χ0) is 13.9. The van der Waals surface area contributed by atoms with Gasteiger partial charge in [-0.2, -0.15) is 0 Å². The monoisotopic (exact) mass is 274 g/mol. The number of H-pyrrole nitrogens is 1. The average Bonchev–Trinajstić information content (AvgIpc) is 2.36. The SMILES string of the molecule is O=C(O)c1cc(=O)[nH]c(C2C3CC4CC(C3)CC2C4)n1. The van der Waals surface area contributed by atoms with Crippen molar-refractivity contribution in [2.75, 3.05) is 0 Å². The van der Waals surface area contributed by atoms with E-state index in [1.54, 1.807) is 0 Å². The predicted octanol–water partition coefficient (Wildman–Crippen LogP) is 2.01. The maximum Gasteiger partial charge on any atom is 0.354 e. The van der Waals surface area contributed by atoms with Gasteiger partial charge in [0.1, 0.15) is 5.82 Å². The number of aromatic nitrogens is 2. The molecule has 4 aliphatic carbocycles. The second kappa shape index (κ2) is 4.17. The third-order valence-corrected chi connectivity index (χ3v) is 5.52. The van der Waals surface area contributed by atoms with Gasteiger partial charge in [0, 0.05) is 12.0 Å². The second-order valence-corrected chi connectivity index (χ2v) is 6.78. The van der Waals surface area contributed by atoms with Crippen molar-refractivity contribution in [2.24, 2.45) is 23.7 Å². The first kappa shape index (κ1) is 12.1.